The van der Waals surface area contributed by atoms with E-state index in [2.05, 4.69) is 21.2 Å². The van der Waals surface area contributed by atoms with Crippen LogP contribution in [0.15, 0.2) is 22.7 Å². The molecule has 2 N–H and O–H groups in total. The van der Waals surface area contributed by atoms with E-state index in [0.29, 0.717) is 17.3 Å². The van der Waals surface area contributed by atoms with Gasteiger partial charge in [-0.15, -0.1) is 0 Å². The van der Waals surface area contributed by atoms with E-state index in [1.54, 1.807) is 0 Å². The minimum Gasteiger partial charge on any atom is -0.480 e. The molecule has 1 aromatic carbocycles. The molecule has 1 aromatic rings. The summed E-state index contributed by atoms with van der Waals surface area (Å²) >= 11 is 3.22. The lowest BCUT2D eigenvalue weighted by atomic mass is 10.1. The lowest BCUT2D eigenvalue weighted by Gasteiger charge is -2.12. The van der Waals surface area contributed by atoms with E-state index < -0.39 is 12.0 Å². The first-order valence-corrected chi connectivity index (χ1v) is 5.80. The molecule has 0 bridgehead atoms. The number of rotatable bonds is 2. The van der Waals surface area contributed by atoms with Gasteiger partial charge in [0, 0.05) is 10.5 Å². The fourth-order valence-corrected chi connectivity index (χ4v) is 2.46. The molecule has 0 spiro atoms. The lowest BCUT2D eigenvalue weighted by molar-refractivity contribution is -0.139. The maximum absolute atomic E-state index is 13.2. The van der Waals surface area contributed by atoms with Crippen molar-refractivity contribution in [1.29, 1.82) is 0 Å². The zero-order valence-electron chi connectivity index (χ0n) is 8.41. The Bertz CT molecular complexity index is 404. The maximum atomic E-state index is 13.2. The minimum absolute atomic E-state index is 0.0758. The van der Waals surface area contributed by atoms with E-state index in [-0.39, 0.29) is 11.9 Å². The second kappa shape index (κ2) is 4.51. The molecule has 1 heterocycles. The Labute approximate surface area is 101 Å². The molecular formula is C11H11BrFNO2. The third kappa shape index (κ3) is 2.41. The van der Waals surface area contributed by atoms with E-state index in [0.717, 1.165) is 5.56 Å². The van der Waals surface area contributed by atoms with Gasteiger partial charge in [0.15, 0.2) is 0 Å². The number of hydrogen-bond donors (Lipinski definition) is 2. The summed E-state index contributed by atoms with van der Waals surface area (Å²) in [5.74, 6) is -1.16. The van der Waals surface area contributed by atoms with Crippen molar-refractivity contribution in [2.45, 2.75) is 24.9 Å². The maximum Gasteiger partial charge on any atom is 0.320 e. The molecule has 1 fully saturated rings. The van der Waals surface area contributed by atoms with Crippen molar-refractivity contribution in [2.75, 3.05) is 0 Å². The van der Waals surface area contributed by atoms with Gasteiger partial charge in [-0.1, -0.05) is 15.9 Å². The number of halogens is 2. The van der Waals surface area contributed by atoms with Crippen molar-refractivity contribution in [3.05, 3.63) is 34.1 Å². The van der Waals surface area contributed by atoms with Crippen LogP contribution in [0.1, 0.15) is 24.4 Å². The highest BCUT2D eigenvalue weighted by Gasteiger charge is 2.29. The van der Waals surface area contributed by atoms with Crippen LogP contribution < -0.4 is 5.32 Å². The molecule has 5 heteroatoms. The van der Waals surface area contributed by atoms with Crippen LogP contribution in [0.25, 0.3) is 0 Å². The fourth-order valence-electron chi connectivity index (χ4n) is 1.98. The molecule has 16 heavy (non-hydrogen) atoms. The van der Waals surface area contributed by atoms with Gasteiger partial charge in [0.1, 0.15) is 11.9 Å². The van der Waals surface area contributed by atoms with Gasteiger partial charge >= 0.3 is 5.97 Å². The molecular weight excluding hydrogens is 277 g/mol. The average molecular weight is 288 g/mol. The third-order valence-corrected chi connectivity index (χ3v) is 3.19. The summed E-state index contributed by atoms with van der Waals surface area (Å²) in [6, 6.07) is 4.03. The first-order chi connectivity index (χ1) is 7.56. The minimum atomic E-state index is -0.849. The number of nitrogens with one attached hydrogen (secondary N) is 1. The summed E-state index contributed by atoms with van der Waals surface area (Å²) in [5.41, 5.74) is 0.788. The Balaban J connectivity index is 2.17. The predicted molar refractivity (Wildman–Crippen MR) is 60.6 cm³/mol. The molecule has 1 saturated heterocycles. The number of carboxylic acids is 1. The molecule has 2 rings (SSSR count). The molecule has 2 atom stereocenters. The first kappa shape index (κ1) is 11.5. The standard InChI is InChI=1S/C11H11BrFNO2/c12-7-3-6(4-8(13)5-7)9-1-2-10(14-9)11(15)16/h3-5,9-10,14H,1-2H2,(H,15,16). The van der Waals surface area contributed by atoms with Crippen LogP contribution >= 0.6 is 15.9 Å². The van der Waals surface area contributed by atoms with Gasteiger partial charge in [-0.3, -0.25) is 10.1 Å². The number of carbonyl (C=O) groups is 1. The van der Waals surface area contributed by atoms with Gasteiger partial charge in [-0.2, -0.15) is 0 Å². The van der Waals surface area contributed by atoms with Crippen molar-refractivity contribution in [3.63, 3.8) is 0 Å². The zero-order chi connectivity index (χ0) is 11.7. The highest BCUT2D eigenvalue weighted by molar-refractivity contribution is 9.10. The van der Waals surface area contributed by atoms with Crippen molar-refractivity contribution in [2.24, 2.45) is 0 Å². The number of hydrogen-bond acceptors (Lipinski definition) is 2. The van der Waals surface area contributed by atoms with Crippen molar-refractivity contribution >= 4 is 21.9 Å². The molecule has 0 aliphatic carbocycles. The van der Waals surface area contributed by atoms with Crippen LogP contribution in [0.5, 0.6) is 0 Å². The molecule has 86 valence electrons. The van der Waals surface area contributed by atoms with Crippen LogP contribution in [-0.2, 0) is 4.79 Å². The van der Waals surface area contributed by atoms with E-state index in [1.807, 2.05) is 6.07 Å². The Kier molecular flexibility index (Phi) is 3.25. The molecule has 1 aliphatic heterocycles. The fraction of sp³-hybridized carbons (Fsp3) is 0.364. The lowest BCUT2D eigenvalue weighted by Crippen LogP contribution is -2.31. The first-order valence-electron chi connectivity index (χ1n) is 5.01. The smallest absolute Gasteiger partial charge is 0.320 e. The summed E-state index contributed by atoms with van der Waals surface area (Å²) in [6.07, 6.45) is 1.29. The van der Waals surface area contributed by atoms with Crippen molar-refractivity contribution in [1.82, 2.24) is 5.32 Å². The highest BCUT2D eigenvalue weighted by atomic mass is 79.9. The summed E-state index contributed by atoms with van der Waals surface area (Å²) in [6.45, 7) is 0. The second-order valence-corrected chi connectivity index (χ2v) is 4.81. The second-order valence-electron chi connectivity index (χ2n) is 3.89. The quantitative estimate of drug-likeness (QED) is 0.879. The summed E-state index contributed by atoms with van der Waals surface area (Å²) in [4.78, 5) is 10.8. The third-order valence-electron chi connectivity index (χ3n) is 2.73. The Hall–Kier alpha value is -0.940. The Morgan fingerprint density at radius 2 is 2.19 bits per heavy atom. The van der Waals surface area contributed by atoms with Gasteiger partial charge in [0.2, 0.25) is 0 Å². The topological polar surface area (TPSA) is 49.3 Å². The molecule has 3 nitrogen and oxygen atoms in total. The van der Waals surface area contributed by atoms with Crippen molar-refractivity contribution < 1.29 is 14.3 Å². The largest absolute Gasteiger partial charge is 0.480 e. The van der Waals surface area contributed by atoms with Gasteiger partial charge in [0.25, 0.3) is 0 Å². The Morgan fingerprint density at radius 1 is 1.44 bits per heavy atom. The molecule has 0 saturated carbocycles. The molecule has 0 aromatic heterocycles. The van der Waals surface area contributed by atoms with E-state index >= 15 is 0 Å². The summed E-state index contributed by atoms with van der Waals surface area (Å²) < 4.78 is 13.8. The average Bonchev–Trinajstić information content (AvgIpc) is 2.64. The van der Waals surface area contributed by atoms with Gasteiger partial charge in [-0.05, 0) is 36.6 Å². The number of aliphatic carboxylic acids is 1. The van der Waals surface area contributed by atoms with Gasteiger partial charge in [-0.25, -0.2) is 4.39 Å². The monoisotopic (exact) mass is 287 g/mol. The normalized spacial score (nSPS) is 24.6. The van der Waals surface area contributed by atoms with Crippen molar-refractivity contribution in [3.8, 4) is 0 Å². The molecule has 2 unspecified atom stereocenters. The summed E-state index contributed by atoms with van der Waals surface area (Å²) in [7, 11) is 0. The summed E-state index contributed by atoms with van der Waals surface area (Å²) in [5, 5.41) is 11.8. The van der Waals surface area contributed by atoms with Gasteiger partial charge in [0.05, 0.1) is 0 Å². The zero-order valence-corrected chi connectivity index (χ0v) is 10.00. The molecule has 1 aliphatic rings. The van der Waals surface area contributed by atoms with Crippen LogP contribution in [0.3, 0.4) is 0 Å². The predicted octanol–water partition coefficient (Wildman–Crippen LogP) is 2.47. The molecule has 0 radical (unpaired) electrons. The molecule has 0 amide bonds. The number of benzene rings is 1. The van der Waals surface area contributed by atoms with E-state index in [1.165, 1.54) is 12.1 Å². The number of carboxylic acid groups (broad SMARTS) is 1. The van der Waals surface area contributed by atoms with Gasteiger partial charge < -0.3 is 5.11 Å². The Morgan fingerprint density at radius 3 is 2.75 bits per heavy atom. The van der Waals surface area contributed by atoms with Crippen LogP contribution in [0, 0.1) is 5.82 Å². The van der Waals surface area contributed by atoms with Crippen LogP contribution in [0.4, 0.5) is 4.39 Å². The SMILES string of the molecule is O=C(O)C1CCC(c2cc(F)cc(Br)c2)N1. The van der Waals surface area contributed by atoms with Crippen LogP contribution in [-0.4, -0.2) is 17.1 Å². The van der Waals surface area contributed by atoms with E-state index in [4.69, 9.17) is 5.11 Å². The van der Waals surface area contributed by atoms with E-state index in [9.17, 15) is 9.18 Å². The highest BCUT2D eigenvalue weighted by Crippen LogP contribution is 2.29. The van der Waals surface area contributed by atoms with Crippen LogP contribution in [0.2, 0.25) is 0 Å².